The van der Waals surface area contributed by atoms with Gasteiger partial charge in [0.25, 0.3) is 0 Å². The number of sulfone groups is 1. The molecule has 2 aliphatic heterocycles. The average molecular weight is 301 g/mol. The van der Waals surface area contributed by atoms with Crippen LogP contribution in [0.5, 0.6) is 0 Å². The van der Waals surface area contributed by atoms with Crippen molar-refractivity contribution in [1.29, 1.82) is 0 Å². The molecule has 7 heteroatoms. The number of hydrogen-bond acceptors (Lipinski definition) is 4. The zero-order chi connectivity index (χ0) is 13.6. The molecule has 0 aromatic heterocycles. The normalized spacial score (nSPS) is 28.2. The lowest BCUT2D eigenvalue weighted by Gasteiger charge is -2.16. The van der Waals surface area contributed by atoms with Crippen molar-refractivity contribution >= 4 is 33.0 Å². The zero-order valence-corrected chi connectivity index (χ0v) is 11.6. The highest BCUT2D eigenvalue weighted by molar-refractivity contribution is 7.91. The topological polar surface area (TPSA) is 75.3 Å². The van der Waals surface area contributed by atoms with Crippen molar-refractivity contribution in [1.82, 2.24) is 5.32 Å². The summed E-state index contributed by atoms with van der Waals surface area (Å²) in [7, 11) is -2.96. The van der Waals surface area contributed by atoms with Gasteiger partial charge in [0, 0.05) is 22.3 Å². The lowest BCUT2D eigenvalue weighted by atomic mass is 10.1. The third-order valence-corrected chi connectivity index (χ3v) is 5.48. The molecule has 1 aromatic rings. The first-order chi connectivity index (χ1) is 8.94. The summed E-state index contributed by atoms with van der Waals surface area (Å²) in [6.45, 7) is 0. The molecule has 2 heterocycles. The van der Waals surface area contributed by atoms with E-state index in [1.807, 2.05) is 0 Å². The number of rotatable bonds is 2. The molecule has 0 spiro atoms. The minimum atomic E-state index is -2.96. The van der Waals surface area contributed by atoms with Crippen LogP contribution in [0.25, 0.3) is 0 Å². The van der Waals surface area contributed by atoms with Gasteiger partial charge in [0.15, 0.2) is 9.84 Å². The fraction of sp³-hybridized carbons (Fsp3) is 0.417. The van der Waals surface area contributed by atoms with E-state index in [0.29, 0.717) is 11.4 Å². The number of anilines is 1. The van der Waals surface area contributed by atoms with Crippen LogP contribution in [0.1, 0.15) is 18.0 Å². The highest BCUT2D eigenvalue weighted by Gasteiger charge is 2.36. The fourth-order valence-corrected chi connectivity index (χ4v) is 4.43. The molecule has 2 aliphatic rings. The van der Waals surface area contributed by atoms with Gasteiger partial charge in [-0.2, -0.15) is 0 Å². The molecular formula is C12H13ClN2O3S. The summed E-state index contributed by atoms with van der Waals surface area (Å²) >= 11 is 5.94. The van der Waals surface area contributed by atoms with Crippen LogP contribution >= 0.6 is 11.6 Å². The Morgan fingerprint density at radius 1 is 1.37 bits per heavy atom. The summed E-state index contributed by atoms with van der Waals surface area (Å²) in [5.74, 6) is 0.107. The van der Waals surface area contributed by atoms with Crippen LogP contribution in [-0.2, 0) is 14.6 Å². The molecule has 1 amide bonds. The molecule has 102 valence electrons. The van der Waals surface area contributed by atoms with Crippen molar-refractivity contribution in [3.8, 4) is 0 Å². The number of halogens is 1. The van der Waals surface area contributed by atoms with E-state index < -0.39 is 15.9 Å². The van der Waals surface area contributed by atoms with E-state index in [2.05, 4.69) is 10.6 Å². The molecule has 2 N–H and O–H groups in total. The van der Waals surface area contributed by atoms with Gasteiger partial charge in [-0.15, -0.1) is 0 Å². The molecule has 1 fully saturated rings. The molecule has 1 saturated heterocycles. The maximum Gasteiger partial charge on any atom is 0.246 e. The van der Waals surface area contributed by atoms with E-state index in [9.17, 15) is 13.2 Å². The lowest BCUT2D eigenvalue weighted by molar-refractivity contribution is -0.117. The minimum absolute atomic E-state index is 0.0900. The first-order valence-corrected chi connectivity index (χ1v) is 8.21. The second-order valence-electron chi connectivity index (χ2n) is 4.92. The Hall–Kier alpha value is -1.11. The monoisotopic (exact) mass is 300 g/mol. The predicted molar refractivity (Wildman–Crippen MR) is 73.0 cm³/mol. The van der Waals surface area contributed by atoms with Crippen LogP contribution in [0.2, 0.25) is 5.02 Å². The molecule has 2 unspecified atom stereocenters. The summed E-state index contributed by atoms with van der Waals surface area (Å²) < 4.78 is 22.9. The Balaban J connectivity index is 1.83. The highest BCUT2D eigenvalue weighted by Crippen LogP contribution is 2.33. The van der Waals surface area contributed by atoms with E-state index in [1.54, 1.807) is 18.2 Å². The van der Waals surface area contributed by atoms with Crippen molar-refractivity contribution in [2.75, 3.05) is 16.8 Å². The molecule has 0 saturated carbocycles. The molecule has 0 aliphatic carbocycles. The largest absolute Gasteiger partial charge is 0.324 e. The molecular weight excluding hydrogens is 288 g/mol. The third-order valence-electron chi connectivity index (χ3n) is 3.48. The van der Waals surface area contributed by atoms with Gasteiger partial charge in [-0.05, 0) is 24.6 Å². The van der Waals surface area contributed by atoms with Crippen molar-refractivity contribution in [3.05, 3.63) is 28.8 Å². The van der Waals surface area contributed by atoms with Gasteiger partial charge in [0.1, 0.15) is 6.04 Å². The van der Waals surface area contributed by atoms with Gasteiger partial charge < -0.3 is 5.32 Å². The van der Waals surface area contributed by atoms with E-state index in [4.69, 9.17) is 11.6 Å². The fourth-order valence-electron chi connectivity index (χ4n) is 2.56. The SMILES string of the molecule is O=C1Nc2ccc(Cl)cc2C1NC1CCS(=O)(=O)C1. The van der Waals surface area contributed by atoms with E-state index in [1.165, 1.54) is 0 Å². The minimum Gasteiger partial charge on any atom is -0.324 e. The number of fused-ring (bicyclic) bond motifs is 1. The predicted octanol–water partition coefficient (Wildman–Crippen LogP) is 1.11. The molecule has 0 radical (unpaired) electrons. The number of benzene rings is 1. The Morgan fingerprint density at radius 2 is 2.16 bits per heavy atom. The smallest absolute Gasteiger partial charge is 0.246 e. The van der Waals surface area contributed by atoms with Crippen LogP contribution in [0.4, 0.5) is 5.69 Å². The zero-order valence-electron chi connectivity index (χ0n) is 10.0. The van der Waals surface area contributed by atoms with Gasteiger partial charge in [-0.3, -0.25) is 10.1 Å². The van der Waals surface area contributed by atoms with Crippen molar-refractivity contribution in [3.63, 3.8) is 0 Å². The highest BCUT2D eigenvalue weighted by atomic mass is 35.5. The second-order valence-corrected chi connectivity index (χ2v) is 7.59. The van der Waals surface area contributed by atoms with Crippen LogP contribution in [-0.4, -0.2) is 31.9 Å². The van der Waals surface area contributed by atoms with Crippen LogP contribution in [0, 0.1) is 0 Å². The van der Waals surface area contributed by atoms with Crippen LogP contribution in [0.15, 0.2) is 18.2 Å². The van der Waals surface area contributed by atoms with Crippen molar-refractivity contribution in [2.24, 2.45) is 0 Å². The first-order valence-electron chi connectivity index (χ1n) is 6.01. The molecule has 1 aromatic carbocycles. The number of carbonyl (C=O) groups excluding carboxylic acids is 1. The van der Waals surface area contributed by atoms with Gasteiger partial charge in [-0.25, -0.2) is 8.42 Å². The van der Waals surface area contributed by atoms with E-state index in [-0.39, 0.29) is 23.5 Å². The molecule has 5 nitrogen and oxygen atoms in total. The van der Waals surface area contributed by atoms with Crippen LogP contribution < -0.4 is 10.6 Å². The summed E-state index contributed by atoms with van der Waals surface area (Å²) in [5, 5.41) is 6.43. The molecule has 3 rings (SSSR count). The molecule has 0 bridgehead atoms. The van der Waals surface area contributed by atoms with Gasteiger partial charge in [-0.1, -0.05) is 11.6 Å². The number of carbonyl (C=O) groups is 1. The first kappa shape index (κ1) is 12.9. The molecule has 19 heavy (non-hydrogen) atoms. The second kappa shape index (κ2) is 4.47. The van der Waals surface area contributed by atoms with Crippen molar-refractivity contribution in [2.45, 2.75) is 18.5 Å². The summed E-state index contributed by atoms with van der Waals surface area (Å²) in [6.07, 6.45) is 0.544. The Bertz CT molecular complexity index is 644. The van der Waals surface area contributed by atoms with Gasteiger partial charge >= 0.3 is 0 Å². The maximum absolute atomic E-state index is 11.9. The maximum atomic E-state index is 11.9. The average Bonchev–Trinajstić information content (AvgIpc) is 2.81. The Kier molecular flexibility index (Phi) is 3.03. The summed E-state index contributed by atoms with van der Waals surface area (Å²) in [4.78, 5) is 11.9. The Morgan fingerprint density at radius 3 is 2.84 bits per heavy atom. The summed E-state index contributed by atoms with van der Waals surface area (Å²) in [5.41, 5.74) is 1.51. The third kappa shape index (κ3) is 2.48. The summed E-state index contributed by atoms with van der Waals surface area (Å²) in [6, 6.07) is 4.50. The van der Waals surface area contributed by atoms with Crippen LogP contribution in [0.3, 0.4) is 0 Å². The number of amides is 1. The quantitative estimate of drug-likeness (QED) is 0.858. The van der Waals surface area contributed by atoms with Gasteiger partial charge in [0.05, 0.1) is 11.5 Å². The van der Waals surface area contributed by atoms with Crippen molar-refractivity contribution < 1.29 is 13.2 Å². The van der Waals surface area contributed by atoms with E-state index in [0.717, 1.165) is 11.3 Å². The number of nitrogens with one attached hydrogen (secondary N) is 2. The van der Waals surface area contributed by atoms with E-state index >= 15 is 0 Å². The number of hydrogen-bond donors (Lipinski definition) is 2. The van der Waals surface area contributed by atoms with Gasteiger partial charge in [0.2, 0.25) is 5.91 Å². The standard InChI is InChI=1S/C12H13ClN2O3S/c13-7-1-2-10-9(5-7)11(12(16)15-10)14-8-3-4-19(17,18)6-8/h1-2,5,8,11,14H,3-4,6H2,(H,15,16). The lowest BCUT2D eigenvalue weighted by Crippen LogP contribution is -2.37. The Labute approximate surface area is 116 Å². The molecule has 2 atom stereocenters.